The van der Waals surface area contributed by atoms with E-state index in [1.54, 1.807) is 0 Å². The number of guanidine groups is 1. The highest BCUT2D eigenvalue weighted by Crippen LogP contribution is 2.13. The summed E-state index contributed by atoms with van der Waals surface area (Å²) in [6, 6.07) is 8.88. The van der Waals surface area contributed by atoms with Gasteiger partial charge in [-0.05, 0) is 49.9 Å². The second-order valence-electron chi connectivity index (χ2n) is 7.39. The zero-order chi connectivity index (χ0) is 18.6. The molecule has 1 saturated heterocycles. The summed E-state index contributed by atoms with van der Waals surface area (Å²) in [5.74, 6) is 1.42. The predicted molar refractivity (Wildman–Crippen MR) is 125 cm³/mol. The van der Waals surface area contributed by atoms with E-state index >= 15 is 0 Å². The predicted octanol–water partition coefficient (Wildman–Crippen LogP) is 3.63. The summed E-state index contributed by atoms with van der Waals surface area (Å²) in [5.41, 5.74) is 2.63. The molecule has 1 heterocycles. The number of nitrogens with zero attached hydrogens (tertiary/aromatic N) is 2. The summed E-state index contributed by atoms with van der Waals surface area (Å²) in [6.07, 6.45) is 2.69. The molecular formula is C21H37IN4O. The maximum atomic E-state index is 5.60. The molecule has 0 atom stereocenters. The molecule has 6 heteroatoms. The number of rotatable bonds is 10. The van der Waals surface area contributed by atoms with Crippen LogP contribution in [-0.2, 0) is 17.8 Å². The Morgan fingerprint density at radius 3 is 2.41 bits per heavy atom. The molecule has 2 N–H and O–H groups in total. The van der Waals surface area contributed by atoms with Gasteiger partial charge < -0.3 is 15.4 Å². The van der Waals surface area contributed by atoms with Crippen LogP contribution >= 0.6 is 24.0 Å². The zero-order valence-electron chi connectivity index (χ0n) is 17.2. The molecule has 154 valence electrons. The van der Waals surface area contributed by atoms with Crippen molar-refractivity contribution in [1.29, 1.82) is 0 Å². The van der Waals surface area contributed by atoms with Crippen LogP contribution < -0.4 is 10.6 Å². The first-order chi connectivity index (χ1) is 12.7. The first kappa shape index (κ1) is 24.2. The summed E-state index contributed by atoms with van der Waals surface area (Å²) >= 11 is 0. The number of hydrogen-bond donors (Lipinski definition) is 2. The van der Waals surface area contributed by atoms with Gasteiger partial charge in [0, 0.05) is 26.2 Å². The molecule has 0 radical (unpaired) electrons. The van der Waals surface area contributed by atoms with Crippen molar-refractivity contribution in [3.63, 3.8) is 0 Å². The lowest BCUT2D eigenvalue weighted by Gasteiger charge is -2.14. The van der Waals surface area contributed by atoms with Gasteiger partial charge >= 0.3 is 0 Å². The topological polar surface area (TPSA) is 48.9 Å². The summed E-state index contributed by atoms with van der Waals surface area (Å²) < 4.78 is 5.60. The Morgan fingerprint density at radius 1 is 1.11 bits per heavy atom. The zero-order valence-corrected chi connectivity index (χ0v) is 19.5. The molecule has 0 aliphatic carbocycles. The van der Waals surface area contributed by atoms with Crippen molar-refractivity contribution in [3.05, 3.63) is 35.4 Å². The van der Waals surface area contributed by atoms with Crippen LogP contribution in [0.15, 0.2) is 29.3 Å². The molecule has 1 aromatic rings. The quantitative estimate of drug-likeness (QED) is 0.229. The number of likely N-dealkylation sites (tertiary alicyclic amines) is 1. The minimum Gasteiger partial charge on any atom is -0.379 e. The Morgan fingerprint density at radius 2 is 1.78 bits per heavy atom. The number of ether oxygens (including phenoxy) is 1. The highest BCUT2D eigenvalue weighted by molar-refractivity contribution is 14.0. The molecule has 2 rings (SSSR count). The smallest absolute Gasteiger partial charge is 0.191 e. The van der Waals surface area contributed by atoms with Crippen molar-refractivity contribution in [1.82, 2.24) is 15.5 Å². The fourth-order valence-electron chi connectivity index (χ4n) is 3.02. The molecule has 1 fully saturated rings. The van der Waals surface area contributed by atoms with Crippen LogP contribution in [0.1, 0.15) is 44.7 Å². The van der Waals surface area contributed by atoms with E-state index in [4.69, 9.17) is 4.74 Å². The molecule has 0 saturated carbocycles. The fourth-order valence-corrected chi connectivity index (χ4v) is 3.02. The van der Waals surface area contributed by atoms with E-state index in [1.807, 2.05) is 0 Å². The molecular weight excluding hydrogens is 451 g/mol. The number of aliphatic imine (C=N–C) groups is 1. The first-order valence-corrected chi connectivity index (χ1v) is 10.1. The Hall–Kier alpha value is -0.860. The Labute approximate surface area is 182 Å². The highest BCUT2D eigenvalue weighted by Gasteiger charge is 2.11. The van der Waals surface area contributed by atoms with Crippen LogP contribution in [-0.4, -0.2) is 50.3 Å². The van der Waals surface area contributed by atoms with Gasteiger partial charge in [0.05, 0.1) is 13.2 Å². The van der Waals surface area contributed by atoms with Gasteiger partial charge in [0.15, 0.2) is 5.96 Å². The molecule has 0 bridgehead atoms. The van der Waals surface area contributed by atoms with Gasteiger partial charge in [-0.2, -0.15) is 0 Å². The molecule has 1 aromatic carbocycles. The minimum absolute atomic E-state index is 0. The Kier molecular flexibility index (Phi) is 12.7. The maximum Gasteiger partial charge on any atom is 0.191 e. The largest absolute Gasteiger partial charge is 0.379 e. The van der Waals surface area contributed by atoms with E-state index in [0.29, 0.717) is 19.1 Å². The van der Waals surface area contributed by atoms with E-state index in [9.17, 15) is 0 Å². The third-order valence-electron chi connectivity index (χ3n) is 4.38. The number of nitrogens with one attached hydrogen (secondary N) is 2. The SMILES string of the molecule is CCNC(=NCc1ccc(CN2CCCC2)cc1)NCCOCC(C)C.I. The third kappa shape index (κ3) is 10.3. The van der Waals surface area contributed by atoms with Gasteiger partial charge in [-0.15, -0.1) is 24.0 Å². The van der Waals surface area contributed by atoms with Gasteiger partial charge in [0.1, 0.15) is 0 Å². The van der Waals surface area contributed by atoms with E-state index in [0.717, 1.165) is 32.2 Å². The van der Waals surface area contributed by atoms with Crippen LogP contribution in [0.25, 0.3) is 0 Å². The van der Waals surface area contributed by atoms with E-state index in [2.05, 4.69) is 65.6 Å². The second-order valence-corrected chi connectivity index (χ2v) is 7.39. The molecule has 27 heavy (non-hydrogen) atoms. The van der Waals surface area contributed by atoms with Crippen molar-refractivity contribution < 1.29 is 4.74 Å². The van der Waals surface area contributed by atoms with Crippen LogP contribution in [0, 0.1) is 5.92 Å². The number of hydrogen-bond acceptors (Lipinski definition) is 3. The maximum absolute atomic E-state index is 5.60. The average molecular weight is 488 g/mol. The van der Waals surface area contributed by atoms with Crippen molar-refractivity contribution in [3.8, 4) is 0 Å². The summed E-state index contributed by atoms with van der Waals surface area (Å²) in [6.45, 7) is 13.8. The summed E-state index contributed by atoms with van der Waals surface area (Å²) in [7, 11) is 0. The van der Waals surface area contributed by atoms with E-state index in [1.165, 1.54) is 37.1 Å². The monoisotopic (exact) mass is 488 g/mol. The lowest BCUT2D eigenvalue weighted by Crippen LogP contribution is -2.39. The van der Waals surface area contributed by atoms with Gasteiger partial charge in [-0.1, -0.05) is 38.1 Å². The lowest BCUT2D eigenvalue weighted by molar-refractivity contribution is 0.114. The normalized spacial score (nSPS) is 15.0. The molecule has 5 nitrogen and oxygen atoms in total. The highest BCUT2D eigenvalue weighted by atomic mass is 127. The van der Waals surface area contributed by atoms with Crippen molar-refractivity contribution in [2.24, 2.45) is 10.9 Å². The standard InChI is InChI=1S/C21H36N4O.HI/c1-4-22-21(23-11-14-26-17-18(2)3)24-15-19-7-9-20(10-8-19)16-25-12-5-6-13-25;/h7-10,18H,4-6,11-17H2,1-3H3,(H2,22,23,24);1H. The third-order valence-corrected chi connectivity index (χ3v) is 4.38. The van der Waals surface area contributed by atoms with Gasteiger partial charge in [0.25, 0.3) is 0 Å². The second kappa shape index (κ2) is 14.2. The Balaban J connectivity index is 0.00000364. The molecule has 1 aliphatic heterocycles. The number of halogens is 1. The van der Waals surface area contributed by atoms with Gasteiger partial charge in [-0.3, -0.25) is 4.90 Å². The summed E-state index contributed by atoms with van der Waals surface area (Å²) in [4.78, 5) is 7.21. The molecule has 1 aliphatic rings. The minimum atomic E-state index is 0. The molecule has 0 aromatic heterocycles. The van der Waals surface area contributed by atoms with Crippen LogP contribution in [0.5, 0.6) is 0 Å². The van der Waals surface area contributed by atoms with E-state index < -0.39 is 0 Å². The van der Waals surface area contributed by atoms with Gasteiger partial charge in [0.2, 0.25) is 0 Å². The number of benzene rings is 1. The Bertz CT molecular complexity index is 527. The lowest BCUT2D eigenvalue weighted by atomic mass is 10.1. The molecule has 0 spiro atoms. The van der Waals surface area contributed by atoms with Crippen molar-refractivity contribution in [2.75, 3.05) is 39.4 Å². The van der Waals surface area contributed by atoms with Crippen LogP contribution in [0.2, 0.25) is 0 Å². The fraction of sp³-hybridized carbons (Fsp3) is 0.667. The first-order valence-electron chi connectivity index (χ1n) is 10.1. The average Bonchev–Trinajstić information content (AvgIpc) is 3.13. The molecule has 0 unspecified atom stereocenters. The van der Waals surface area contributed by atoms with Gasteiger partial charge in [-0.25, -0.2) is 4.99 Å². The van der Waals surface area contributed by atoms with E-state index in [-0.39, 0.29) is 24.0 Å². The van der Waals surface area contributed by atoms with Crippen molar-refractivity contribution >= 4 is 29.9 Å². The molecule has 0 amide bonds. The van der Waals surface area contributed by atoms with Crippen molar-refractivity contribution in [2.45, 2.75) is 46.7 Å². The van der Waals surface area contributed by atoms with Crippen LogP contribution in [0.3, 0.4) is 0 Å². The summed E-state index contributed by atoms with van der Waals surface area (Å²) in [5, 5.41) is 6.62. The van der Waals surface area contributed by atoms with Crippen LogP contribution in [0.4, 0.5) is 0 Å².